The highest BCUT2D eigenvalue weighted by Crippen LogP contribution is 2.32. The summed E-state index contributed by atoms with van der Waals surface area (Å²) in [5, 5.41) is 14.7. The third-order valence-corrected chi connectivity index (χ3v) is 4.83. The lowest BCUT2D eigenvalue weighted by Gasteiger charge is -2.21. The maximum atomic E-state index is 5.70. The molecule has 1 N–H and O–H groups in total. The number of hydrogen-bond donors (Lipinski definition) is 1. The molecule has 0 saturated carbocycles. The van der Waals surface area contributed by atoms with Crippen LogP contribution in [0.3, 0.4) is 0 Å². The predicted octanol–water partition coefficient (Wildman–Crippen LogP) is 2.52. The number of aromatic amines is 1. The smallest absolute Gasteiger partial charge is 0.207 e. The molecule has 0 radical (unpaired) electrons. The standard InChI is InChI=1S/C20H20N6O2/c1-25(11-14-5-6-17-18(10-14)28-9-8-27-17)12-15-13-26-7-3-2-4-16(26)19(15)20-21-23-24-22-20/h2-7,10,13H,8-9,11-12H2,1H3,(H,21,22,23,24). The van der Waals surface area contributed by atoms with Crippen LogP contribution >= 0.6 is 0 Å². The van der Waals surface area contributed by atoms with Crippen molar-refractivity contribution in [2.75, 3.05) is 20.3 Å². The SMILES string of the molecule is CN(Cc1ccc2c(c1)OCCO2)Cc1cn2ccccc2c1-c1nn[nH]n1. The fraction of sp³-hybridized carbons (Fsp3) is 0.250. The summed E-state index contributed by atoms with van der Waals surface area (Å²) < 4.78 is 13.4. The summed E-state index contributed by atoms with van der Waals surface area (Å²) in [6.45, 7) is 2.74. The van der Waals surface area contributed by atoms with E-state index in [0.29, 0.717) is 19.0 Å². The van der Waals surface area contributed by atoms with Crippen molar-refractivity contribution >= 4 is 5.52 Å². The van der Waals surface area contributed by atoms with E-state index >= 15 is 0 Å². The lowest BCUT2D eigenvalue weighted by molar-refractivity contribution is 0.171. The average Bonchev–Trinajstić information content (AvgIpc) is 3.34. The third kappa shape index (κ3) is 3.07. The van der Waals surface area contributed by atoms with E-state index in [1.54, 1.807) is 0 Å². The first-order chi connectivity index (χ1) is 13.8. The van der Waals surface area contributed by atoms with Crippen molar-refractivity contribution in [3.63, 3.8) is 0 Å². The minimum atomic E-state index is 0.595. The van der Waals surface area contributed by atoms with Gasteiger partial charge in [-0.3, -0.25) is 4.90 Å². The molecule has 4 aromatic rings. The molecule has 0 bridgehead atoms. The van der Waals surface area contributed by atoms with Crippen LogP contribution in [0.25, 0.3) is 16.9 Å². The Morgan fingerprint density at radius 2 is 2.00 bits per heavy atom. The van der Waals surface area contributed by atoms with Crippen molar-refractivity contribution in [1.82, 2.24) is 29.9 Å². The maximum absolute atomic E-state index is 5.70. The van der Waals surface area contributed by atoms with Gasteiger partial charge in [0.25, 0.3) is 0 Å². The molecule has 28 heavy (non-hydrogen) atoms. The van der Waals surface area contributed by atoms with Gasteiger partial charge in [0.15, 0.2) is 11.5 Å². The summed E-state index contributed by atoms with van der Waals surface area (Å²) in [4.78, 5) is 2.25. The van der Waals surface area contributed by atoms with E-state index in [4.69, 9.17) is 9.47 Å². The Bertz CT molecular complexity index is 1110. The van der Waals surface area contributed by atoms with Gasteiger partial charge in [0.1, 0.15) is 13.2 Å². The number of fused-ring (bicyclic) bond motifs is 2. The van der Waals surface area contributed by atoms with Crippen molar-refractivity contribution in [2.45, 2.75) is 13.1 Å². The number of hydrogen-bond acceptors (Lipinski definition) is 6. The van der Waals surface area contributed by atoms with Gasteiger partial charge in [0.05, 0.1) is 11.1 Å². The molecule has 1 aliphatic rings. The lowest BCUT2D eigenvalue weighted by Crippen LogP contribution is -2.18. The Labute approximate surface area is 161 Å². The summed E-state index contributed by atoms with van der Waals surface area (Å²) in [5.74, 6) is 2.24. The largest absolute Gasteiger partial charge is 0.486 e. The molecule has 0 spiro atoms. The molecular weight excluding hydrogens is 356 g/mol. The van der Waals surface area contributed by atoms with Crippen molar-refractivity contribution in [2.24, 2.45) is 0 Å². The number of rotatable bonds is 5. The monoisotopic (exact) mass is 376 g/mol. The molecule has 8 nitrogen and oxygen atoms in total. The first-order valence-electron chi connectivity index (χ1n) is 9.17. The molecule has 0 amide bonds. The zero-order chi connectivity index (χ0) is 18.9. The van der Waals surface area contributed by atoms with Gasteiger partial charge in [-0.05, 0) is 47.7 Å². The van der Waals surface area contributed by atoms with Gasteiger partial charge in [0, 0.05) is 25.5 Å². The van der Waals surface area contributed by atoms with E-state index in [9.17, 15) is 0 Å². The number of nitrogens with zero attached hydrogens (tertiary/aromatic N) is 5. The summed E-state index contributed by atoms with van der Waals surface area (Å²) in [5.41, 5.74) is 4.39. The van der Waals surface area contributed by atoms with Crippen LogP contribution in [0.15, 0.2) is 48.8 Å². The third-order valence-electron chi connectivity index (χ3n) is 4.83. The van der Waals surface area contributed by atoms with Crippen molar-refractivity contribution in [3.05, 3.63) is 59.9 Å². The van der Waals surface area contributed by atoms with E-state index in [1.807, 2.05) is 24.4 Å². The van der Waals surface area contributed by atoms with Crippen molar-refractivity contribution in [3.8, 4) is 22.9 Å². The van der Waals surface area contributed by atoms with E-state index in [2.05, 4.69) is 61.4 Å². The molecule has 1 aliphatic heterocycles. The fourth-order valence-electron chi connectivity index (χ4n) is 3.67. The second kappa shape index (κ2) is 6.97. The zero-order valence-electron chi connectivity index (χ0n) is 15.5. The maximum Gasteiger partial charge on any atom is 0.207 e. The van der Waals surface area contributed by atoms with Gasteiger partial charge < -0.3 is 13.9 Å². The van der Waals surface area contributed by atoms with Crippen LogP contribution in [0.5, 0.6) is 11.5 Å². The Morgan fingerprint density at radius 3 is 2.86 bits per heavy atom. The molecule has 4 heterocycles. The molecule has 0 aliphatic carbocycles. The van der Waals surface area contributed by atoms with Crippen LogP contribution in [0, 0.1) is 0 Å². The van der Waals surface area contributed by atoms with Gasteiger partial charge in [-0.15, -0.1) is 10.2 Å². The Kier molecular flexibility index (Phi) is 4.17. The Morgan fingerprint density at radius 1 is 1.11 bits per heavy atom. The average molecular weight is 376 g/mol. The molecule has 5 rings (SSSR count). The number of ether oxygens (including phenoxy) is 2. The molecule has 1 aromatic carbocycles. The van der Waals surface area contributed by atoms with E-state index in [0.717, 1.165) is 41.2 Å². The quantitative estimate of drug-likeness (QED) is 0.577. The van der Waals surface area contributed by atoms with Crippen LogP contribution in [0.1, 0.15) is 11.1 Å². The highest BCUT2D eigenvalue weighted by molar-refractivity contribution is 5.80. The first kappa shape index (κ1) is 16.8. The highest BCUT2D eigenvalue weighted by atomic mass is 16.6. The first-order valence-corrected chi connectivity index (χ1v) is 9.17. The number of nitrogens with one attached hydrogen (secondary N) is 1. The molecular formula is C20H20N6O2. The van der Waals surface area contributed by atoms with Crippen molar-refractivity contribution in [1.29, 1.82) is 0 Å². The van der Waals surface area contributed by atoms with Gasteiger partial charge in [-0.2, -0.15) is 5.21 Å². The number of tetrazole rings is 1. The topological polar surface area (TPSA) is 80.6 Å². The minimum Gasteiger partial charge on any atom is -0.486 e. The summed E-state index contributed by atoms with van der Waals surface area (Å²) >= 11 is 0. The van der Waals surface area contributed by atoms with E-state index in [-0.39, 0.29) is 0 Å². The second-order valence-electron chi connectivity index (χ2n) is 6.91. The zero-order valence-corrected chi connectivity index (χ0v) is 15.5. The van der Waals surface area contributed by atoms with Crippen molar-refractivity contribution < 1.29 is 9.47 Å². The molecule has 0 saturated heterocycles. The fourth-order valence-corrected chi connectivity index (χ4v) is 3.67. The van der Waals surface area contributed by atoms with E-state index < -0.39 is 0 Å². The molecule has 0 atom stereocenters. The van der Waals surface area contributed by atoms with Gasteiger partial charge in [0.2, 0.25) is 5.82 Å². The number of pyridine rings is 1. The van der Waals surface area contributed by atoms with Crippen LogP contribution in [0.2, 0.25) is 0 Å². The lowest BCUT2D eigenvalue weighted by atomic mass is 10.1. The Hall–Kier alpha value is -3.39. The van der Waals surface area contributed by atoms with Crippen LogP contribution in [0.4, 0.5) is 0 Å². The van der Waals surface area contributed by atoms with Gasteiger partial charge in [-0.1, -0.05) is 12.1 Å². The summed E-state index contributed by atoms with van der Waals surface area (Å²) in [6, 6.07) is 12.2. The molecule has 3 aromatic heterocycles. The predicted molar refractivity (Wildman–Crippen MR) is 103 cm³/mol. The van der Waals surface area contributed by atoms with Crippen LogP contribution < -0.4 is 9.47 Å². The van der Waals surface area contributed by atoms with Crippen LogP contribution in [-0.4, -0.2) is 50.2 Å². The minimum absolute atomic E-state index is 0.595. The molecule has 8 heteroatoms. The highest BCUT2D eigenvalue weighted by Gasteiger charge is 2.18. The molecule has 142 valence electrons. The van der Waals surface area contributed by atoms with E-state index in [1.165, 1.54) is 5.56 Å². The summed E-state index contributed by atoms with van der Waals surface area (Å²) in [6.07, 6.45) is 4.16. The second-order valence-corrected chi connectivity index (χ2v) is 6.91. The summed E-state index contributed by atoms with van der Waals surface area (Å²) in [7, 11) is 2.10. The number of aromatic nitrogens is 5. The number of benzene rings is 1. The molecule has 0 unspecified atom stereocenters. The van der Waals surface area contributed by atoms with Gasteiger partial charge >= 0.3 is 0 Å². The number of H-pyrrole nitrogens is 1. The van der Waals surface area contributed by atoms with Gasteiger partial charge in [-0.25, -0.2) is 0 Å². The normalized spacial score (nSPS) is 13.4. The molecule has 0 fully saturated rings. The Balaban J connectivity index is 1.41. The van der Waals surface area contributed by atoms with Crippen LogP contribution in [-0.2, 0) is 13.1 Å².